The average molecular weight is 183 g/mol. The highest BCUT2D eigenvalue weighted by Crippen LogP contribution is 2.38. The standard InChI is InChI=1S/C11H21NO/c1-8-7-11(5,6)9(13)12(8)10(2,3)4/h8H,7H2,1-6H3. The minimum absolute atomic E-state index is 0.0374. The van der Waals surface area contributed by atoms with Gasteiger partial charge < -0.3 is 4.90 Å². The van der Waals surface area contributed by atoms with Gasteiger partial charge in [0.1, 0.15) is 0 Å². The van der Waals surface area contributed by atoms with Gasteiger partial charge in [-0.15, -0.1) is 0 Å². The predicted molar refractivity (Wildman–Crippen MR) is 54.5 cm³/mol. The third kappa shape index (κ3) is 1.72. The molecule has 2 nitrogen and oxygen atoms in total. The molecule has 1 fully saturated rings. The fourth-order valence-corrected chi connectivity index (χ4v) is 2.41. The zero-order valence-corrected chi connectivity index (χ0v) is 9.64. The fourth-order valence-electron chi connectivity index (χ4n) is 2.41. The van der Waals surface area contributed by atoms with Crippen molar-refractivity contribution in [3.05, 3.63) is 0 Å². The molecule has 76 valence electrons. The Morgan fingerprint density at radius 1 is 1.38 bits per heavy atom. The molecule has 0 N–H and O–H groups in total. The summed E-state index contributed by atoms with van der Waals surface area (Å²) in [5, 5.41) is 0. The van der Waals surface area contributed by atoms with Gasteiger partial charge in [0.2, 0.25) is 5.91 Å². The van der Waals surface area contributed by atoms with E-state index in [1.165, 1.54) is 0 Å². The molecule has 1 aliphatic rings. The van der Waals surface area contributed by atoms with Crippen LogP contribution in [0.5, 0.6) is 0 Å². The Morgan fingerprint density at radius 2 is 1.85 bits per heavy atom. The van der Waals surface area contributed by atoms with Crippen molar-refractivity contribution in [1.29, 1.82) is 0 Å². The summed E-state index contributed by atoms with van der Waals surface area (Å²) < 4.78 is 0. The van der Waals surface area contributed by atoms with E-state index in [1.54, 1.807) is 0 Å². The maximum absolute atomic E-state index is 12.0. The first kappa shape index (κ1) is 10.6. The third-order valence-corrected chi connectivity index (χ3v) is 2.77. The van der Waals surface area contributed by atoms with Crippen molar-refractivity contribution < 1.29 is 4.79 Å². The summed E-state index contributed by atoms with van der Waals surface area (Å²) in [5.41, 5.74) is -0.197. The van der Waals surface area contributed by atoms with Crippen molar-refractivity contribution in [2.45, 2.75) is 59.5 Å². The van der Waals surface area contributed by atoms with Gasteiger partial charge in [-0.05, 0) is 34.1 Å². The van der Waals surface area contributed by atoms with E-state index in [4.69, 9.17) is 0 Å². The zero-order chi connectivity index (χ0) is 10.4. The summed E-state index contributed by atoms with van der Waals surface area (Å²) in [6.45, 7) is 12.5. The molecule has 0 radical (unpaired) electrons. The first-order chi connectivity index (χ1) is 5.66. The first-order valence-electron chi connectivity index (χ1n) is 5.00. The van der Waals surface area contributed by atoms with E-state index < -0.39 is 0 Å². The lowest BCUT2D eigenvalue weighted by Crippen LogP contribution is -2.47. The molecule has 1 atom stereocenters. The van der Waals surface area contributed by atoms with Gasteiger partial charge in [-0.2, -0.15) is 0 Å². The van der Waals surface area contributed by atoms with E-state index in [0.29, 0.717) is 11.9 Å². The van der Waals surface area contributed by atoms with Crippen molar-refractivity contribution in [3.8, 4) is 0 Å². The molecule has 0 aromatic rings. The van der Waals surface area contributed by atoms with Gasteiger partial charge in [0.25, 0.3) is 0 Å². The Kier molecular flexibility index (Phi) is 2.21. The molecule has 0 saturated carbocycles. The topological polar surface area (TPSA) is 20.3 Å². The molecule has 0 aromatic carbocycles. The molecule has 1 aliphatic heterocycles. The van der Waals surface area contributed by atoms with Crippen LogP contribution in [0.3, 0.4) is 0 Å². The Morgan fingerprint density at radius 3 is 2.00 bits per heavy atom. The summed E-state index contributed by atoms with van der Waals surface area (Å²) in [7, 11) is 0. The second-order valence-corrected chi connectivity index (χ2v) is 5.78. The zero-order valence-electron chi connectivity index (χ0n) is 9.64. The van der Waals surface area contributed by atoms with E-state index in [9.17, 15) is 4.79 Å². The molecule has 1 heterocycles. The monoisotopic (exact) mass is 183 g/mol. The normalized spacial score (nSPS) is 28.3. The van der Waals surface area contributed by atoms with E-state index >= 15 is 0 Å². The molecule has 1 unspecified atom stereocenters. The van der Waals surface area contributed by atoms with Gasteiger partial charge in [0.15, 0.2) is 0 Å². The number of likely N-dealkylation sites (tertiary alicyclic amines) is 1. The Bertz CT molecular complexity index is 225. The molecule has 13 heavy (non-hydrogen) atoms. The number of hydrogen-bond acceptors (Lipinski definition) is 1. The van der Waals surface area contributed by atoms with Crippen molar-refractivity contribution in [1.82, 2.24) is 4.90 Å². The lowest BCUT2D eigenvalue weighted by atomic mass is 9.90. The highest BCUT2D eigenvalue weighted by Gasteiger charge is 2.47. The summed E-state index contributed by atoms with van der Waals surface area (Å²) in [6, 6.07) is 0.377. The fraction of sp³-hybridized carbons (Fsp3) is 0.909. The molecule has 0 spiro atoms. The van der Waals surface area contributed by atoms with E-state index in [0.717, 1.165) is 6.42 Å². The molecule has 0 aliphatic carbocycles. The number of nitrogens with zero attached hydrogens (tertiary/aromatic N) is 1. The van der Waals surface area contributed by atoms with Crippen LogP contribution in [0.2, 0.25) is 0 Å². The number of carbonyl (C=O) groups is 1. The molecule has 0 bridgehead atoms. The van der Waals surface area contributed by atoms with Gasteiger partial charge in [-0.3, -0.25) is 4.79 Å². The van der Waals surface area contributed by atoms with Gasteiger partial charge >= 0.3 is 0 Å². The minimum atomic E-state index is -0.160. The van der Waals surface area contributed by atoms with E-state index in [2.05, 4.69) is 27.7 Å². The molecule has 1 saturated heterocycles. The maximum Gasteiger partial charge on any atom is 0.228 e. The smallest absolute Gasteiger partial charge is 0.228 e. The molecule has 1 amide bonds. The Hall–Kier alpha value is -0.530. The van der Waals surface area contributed by atoms with Crippen LogP contribution in [-0.4, -0.2) is 22.4 Å². The second-order valence-electron chi connectivity index (χ2n) is 5.78. The van der Waals surface area contributed by atoms with Gasteiger partial charge in [-0.25, -0.2) is 0 Å². The third-order valence-electron chi connectivity index (χ3n) is 2.77. The number of amides is 1. The number of hydrogen-bond donors (Lipinski definition) is 0. The molecular weight excluding hydrogens is 162 g/mol. The van der Waals surface area contributed by atoms with E-state index in [-0.39, 0.29) is 11.0 Å². The molecule has 2 heteroatoms. The van der Waals surface area contributed by atoms with Crippen molar-refractivity contribution in [3.63, 3.8) is 0 Å². The van der Waals surface area contributed by atoms with Crippen molar-refractivity contribution >= 4 is 5.91 Å². The summed E-state index contributed by atoms with van der Waals surface area (Å²) in [4.78, 5) is 14.0. The Labute approximate surface area is 81.3 Å². The van der Waals surface area contributed by atoms with Crippen LogP contribution in [0.15, 0.2) is 0 Å². The van der Waals surface area contributed by atoms with Gasteiger partial charge in [0.05, 0.1) is 0 Å². The van der Waals surface area contributed by atoms with Crippen molar-refractivity contribution in [2.75, 3.05) is 0 Å². The number of carbonyl (C=O) groups excluding carboxylic acids is 1. The van der Waals surface area contributed by atoms with Crippen LogP contribution < -0.4 is 0 Å². The highest BCUT2D eigenvalue weighted by molar-refractivity contribution is 5.85. The van der Waals surface area contributed by atoms with Crippen LogP contribution in [0, 0.1) is 5.41 Å². The molecule has 1 rings (SSSR count). The summed E-state index contributed by atoms with van der Waals surface area (Å²) in [6.07, 6.45) is 0.975. The quantitative estimate of drug-likeness (QED) is 0.565. The number of rotatable bonds is 0. The average Bonchev–Trinajstić information content (AvgIpc) is 1.99. The van der Waals surface area contributed by atoms with Crippen LogP contribution in [0.4, 0.5) is 0 Å². The predicted octanol–water partition coefficient (Wildman–Crippen LogP) is 2.43. The highest BCUT2D eigenvalue weighted by atomic mass is 16.2. The Balaban J connectivity index is 2.96. The van der Waals surface area contributed by atoms with Crippen molar-refractivity contribution in [2.24, 2.45) is 5.41 Å². The van der Waals surface area contributed by atoms with Crippen LogP contribution in [0.25, 0.3) is 0 Å². The SMILES string of the molecule is CC1CC(C)(C)C(=O)N1C(C)(C)C. The van der Waals surface area contributed by atoms with Gasteiger partial charge in [0, 0.05) is 17.0 Å². The molecular formula is C11H21NO. The second kappa shape index (κ2) is 2.73. The lowest BCUT2D eigenvalue weighted by molar-refractivity contribution is -0.139. The van der Waals surface area contributed by atoms with Crippen LogP contribution in [0.1, 0.15) is 48.0 Å². The lowest BCUT2D eigenvalue weighted by Gasteiger charge is -2.36. The first-order valence-corrected chi connectivity index (χ1v) is 5.00. The minimum Gasteiger partial charge on any atom is -0.335 e. The summed E-state index contributed by atoms with van der Waals surface area (Å²) in [5.74, 6) is 0.299. The van der Waals surface area contributed by atoms with Crippen LogP contribution >= 0.6 is 0 Å². The van der Waals surface area contributed by atoms with Crippen LogP contribution in [-0.2, 0) is 4.79 Å². The molecule has 0 aromatic heterocycles. The van der Waals surface area contributed by atoms with Gasteiger partial charge in [-0.1, -0.05) is 13.8 Å². The van der Waals surface area contributed by atoms with E-state index in [1.807, 2.05) is 18.7 Å². The largest absolute Gasteiger partial charge is 0.335 e. The summed E-state index contributed by atoms with van der Waals surface area (Å²) >= 11 is 0. The maximum atomic E-state index is 12.0.